The molecule has 0 aliphatic rings. The minimum absolute atomic E-state index is 1.04. The highest BCUT2D eigenvalue weighted by Crippen LogP contribution is 2.15. The van der Waals surface area contributed by atoms with Gasteiger partial charge in [-0.25, -0.2) is 0 Å². The van der Waals surface area contributed by atoms with Gasteiger partial charge in [-0.05, 0) is 29.3 Å². The average Bonchev–Trinajstić information content (AvgIpc) is 2.46. The van der Waals surface area contributed by atoms with Crippen LogP contribution in [0.2, 0.25) is 0 Å². The van der Waals surface area contributed by atoms with Crippen molar-refractivity contribution in [2.75, 3.05) is 0 Å². The van der Waals surface area contributed by atoms with Gasteiger partial charge in [-0.2, -0.15) is 0 Å². The van der Waals surface area contributed by atoms with Gasteiger partial charge in [-0.15, -0.1) is 0 Å². The highest BCUT2D eigenvalue weighted by Gasteiger charge is 1.93. The molecule has 0 atom stereocenters. The molecule has 0 saturated carbocycles. The Morgan fingerprint density at radius 3 is 2.44 bits per heavy atom. The Morgan fingerprint density at radius 1 is 0.722 bits per heavy atom. The van der Waals surface area contributed by atoms with Crippen LogP contribution in [0.3, 0.4) is 0 Å². The number of aromatic nitrogens is 1. The highest BCUT2D eigenvalue weighted by atomic mass is 14.6. The summed E-state index contributed by atoms with van der Waals surface area (Å²) in [6, 6.07) is 20.7. The molecule has 0 unspecified atom stereocenters. The average molecular weight is 231 g/mol. The van der Waals surface area contributed by atoms with Crippen LogP contribution in [0.5, 0.6) is 0 Å². The minimum Gasteiger partial charge on any atom is -0.256 e. The van der Waals surface area contributed by atoms with Gasteiger partial charge in [-0.3, -0.25) is 4.98 Å². The second-order valence-corrected chi connectivity index (χ2v) is 4.20. The zero-order valence-corrected chi connectivity index (χ0v) is 9.95. The van der Waals surface area contributed by atoms with Gasteiger partial charge in [0, 0.05) is 11.6 Å². The van der Waals surface area contributed by atoms with Crippen LogP contribution in [-0.4, -0.2) is 4.98 Å². The predicted molar refractivity (Wildman–Crippen MR) is 77.1 cm³/mol. The summed E-state index contributed by atoms with van der Waals surface area (Å²) in [7, 11) is 0. The molecule has 0 saturated heterocycles. The first-order valence-corrected chi connectivity index (χ1v) is 6.00. The monoisotopic (exact) mass is 231 g/mol. The van der Waals surface area contributed by atoms with Gasteiger partial charge in [0.15, 0.2) is 0 Å². The van der Waals surface area contributed by atoms with E-state index in [-0.39, 0.29) is 0 Å². The SMILES string of the molecule is C(=C\c1ccc2ncccc2c1)/c1ccccc1. The molecule has 86 valence electrons. The number of fused-ring (bicyclic) bond motifs is 1. The van der Waals surface area contributed by atoms with Gasteiger partial charge < -0.3 is 0 Å². The minimum atomic E-state index is 1.04. The van der Waals surface area contributed by atoms with Gasteiger partial charge in [0.05, 0.1) is 5.52 Å². The van der Waals surface area contributed by atoms with Crippen molar-refractivity contribution < 1.29 is 0 Å². The van der Waals surface area contributed by atoms with Crippen LogP contribution in [0.4, 0.5) is 0 Å². The van der Waals surface area contributed by atoms with Crippen LogP contribution in [0, 0.1) is 0 Å². The summed E-state index contributed by atoms with van der Waals surface area (Å²) in [4.78, 5) is 4.32. The van der Waals surface area contributed by atoms with E-state index in [1.165, 1.54) is 16.5 Å². The Balaban J connectivity index is 1.93. The third kappa shape index (κ3) is 2.30. The lowest BCUT2D eigenvalue weighted by atomic mass is 10.1. The summed E-state index contributed by atoms with van der Waals surface area (Å²) in [5.41, 5.74) is 3.44. The van der Waals surface area contributed by atoms with Crippen molar-refractivity contribution in [1.29, 1.82) is 0 Å². The molecule has 0 amide bonds. The molecule has 0 fully saturated rings. The van der Waals surface area contributed by atoms with Crippen LogP contribution in [-0.2, 0) is 0 Å². The molecule has 0 aliphatic carbocycles. The zero-order chi connectivity index (χ0) is 12.2. The van der Waals surface area contributed by atoms with Gasteiger partial charge >= 0.3 is 0 Å². The molecule has 1 aromatic heterocycles. The molecular formula is C17H13N. The summed E-state index contributed by atoms with van der Waals surface area (Å²) in [6.45, 7) is 0. The number of hydrogen-bond donors (Lipinski definition) is 0. The molecule has 2 aromatic carbocycles. The quantitative estimate of drug-likeness (QED) is 0.595. The van der Waals surface area contributed by atoms with Crippen molar-refractivity contribution in [3.8, 4) is 0 Å². The first-order valence-electron chi connectivity index (χ1n) is 6.00. The van der Waals surface area contributed by atoms with E-state index in [2.05, 4.69) is 53.5 Å². The second kappa shape index (κ2) is 4.84. The maximum absolute atomic E-state index is 4.32. The van der Waals surface area contributed by atoms with Crippen molar-refractivity contribution in [3.63, 3.8) is 0 Å². The molecule has 3 aromatic rings. The van der Waals surface area contributed by atoms with Gasteiger partial charge in [0.25, 0.3) is 0 Å². The fourth-order valence-corrected chi connectivity index (χ4v) is 1.95. The van der Waals surface area contributed by atoms with E-state index in [1.807, 2.05) is 30.5 Å². The van der Waals surface area contributed by atoms with Crippen molar-refractivity contribution in [2.45, 2.75) is 0 Å². The standard InChI is InChI=1S/C17H13N/c1-2-5-14(6-3-1)8-9-15-10-11-17-16(13-15)7-4-12-18-17/h1-13H/b9-8+. The van der Waals surface area contributed by atoms with E-state index < -0.39 is 0 Å². The first-order chi connectivity index (χ1) is 8.92. The van der Waals surface area contributed by atoms with E-state index in [9.17, 15) is 0 Å². The van der Waals surface area contributed by atoms with Crippen LogP contribution in [0.25, 0.3) is 23.1 Å². The number of benzene rings is 2. The van der Waals surface area contributed by atoms with Crippen molar-refractivity contribution in [1.82, 2.24) is 4.98 Å². The maximum atomic E-state index is 4.32. The Labute approximate surface area is 106 Å². The summed E-state index contributed by atoms with van der Waals surface area (Å²) in [5, 5.41) is 1.17. The molecule has 0 aliphatic heterocycles. The number of hydrogen-bond acceptors (Lipinski definition) is 1. The first kappa shape index (κ1) is 10.7. The van der Waals surface area contributed by atoms with Crippen LogP contribution in [0.15, 0.2) is 66.9 Å². The van der Waals surface area contributed by atoms with Crippen molar-refractivity contribution in [2.24, 2.45) is 0 Å². The van der Waals surface area contributed by atoms with E-state index in [4.69, 9.17) is 0 Å². The number of nitrogens with zero attached hydrogens (tertiary/aromatic N) is 1. The predicted octanol–water partition coefficient (Wildman–Crippen LogP) is 4.41. The zero-order valence-electron chi connectivity index (χ0n) is 9.95. The lowest BCUT2D eigenvalue weighted by Gasteiger charge is -1.98. The van der Waals surface area contributed by atoms with Crippen LogP contribution < -0.4 is 0 Å². The Morgan fingerprint density at radius 2 is 1.56 bits per heavy atom. The van der Waals surface area contributed by atoms with E-state index >= 15 is 0 Å². The highest BCUT2D eigenvalue weighted by molar-refractivity contribution is 5.82. The molecule has 0 radical (unpaired) electrons. The van der Waals surface area contributed by atoms with Crippen molar-refractivity contribution >= 4 is 23.1 Å². The van der Waals surface area contributed by atoms with E-state index in [0.29, 0.717) is 0 Å². The molecular weight excluding hydrogens is 218 g/mol. The molecule has 1 heterocycles. The number of rotatable bonds is 2. The summed E-state index contributed by atoms with van der Waals surface area (Å²) in [5.74, 6) is 0. The second-order valence-electron chi connectivity index (χ2n) is 4.20. The van der Waals surface area contributed by atoms with E-state index in [0.717, 1.165) is 5.52 Å². The third-order valence-corrected chi connectivity index (χ3v) is 2.89. The third-order valence-electron chi connectivity index (χ3n) is 2.89. The molecule has 3 rings (SSSR count). The van der Waals surface area contributed by atoms with Gasteiger partial charge in [0.1, 0.15) is 0 Å². The van der Waals surface area contributed by atoms with Crippen LogP contribution in [0.1, 0.15) is 11.1 Å². The van der Waals surface area contributed by atoms with Gasteiger partial charge in [-0.1, -0.05) is 54.6 Å². The topological polar surface area (TPSA) is 12.9 Å². The molecule has 1 nitrogen and oxygen atoms in total. The Kier molecular flexibility index (Phi) is 2.89. The fourth-order valence-electron chi connectivity index (χ4n) is 1.95. The Hall–Kier alpha value is -2.41. The number of pyridine rings is 1. The molecule has 0 bridgehead atoms. The smallest absolute Gasteiger partial charge is 0.0702 e. The largest absolute Gasteiger partial charge is 0.256 e. The lowest BCUT2D eigenvalue weighted by Crippen LogP contribution is -1.78. The maximum Gasteiger partial charge on any atom is 0.0702 e. The normalized spacial score (nSPS) is 11.1. The molecule has 0 N–H and O–H groups in total. The molecule has 0 spiro atoms. The molecule has 18 heavy (non-hydrogen) atoms. The van der Waals surface area contributed by atoms with Gasteiger partial charge in [0.2, 0.25) is 0 Å². The molecule has 1 heteroatoms. The van der Waals surface area contributed by atoms with E-state index in [1.54, 1.807) is 0 Å². The Bertz CT molecular complexity index is 684. The van der Waals surface area contributed by atoms with Crippen molar-refractivity contribution in [3.05, 3.63) is 78.0 Å². The van der Waals surface area contributed by atoms with Crippen LogP contribution >= 0.6 is 0 Å². The lowest BCUT2D eigenvalue weighted by molar-refractivity contribution is 1.41. The fraction of sp³-hybridized carbons (Fsp3) is 0. The summed E-state index contributed by atoms with van der Waals surface area (Å²) < 4.78 is 0. The summed E-state index contributed by atoms with van der Waals surface area (Å²) in [6.07, 6.45) is 6.07. The summed E-state index contributed by atoms with van der Waals surface area (Å²) >= 11 is 0.